The minimum Gasteiger partial charge on any atom is -0.345 e. The molecule has 8 nitrogen and oxygen atoms in total. The van der Waals surface area contributed by atoms with Crippen molar-refractivity contribution in [1.82, 2.24) is 35.8 Å². The van der Waals surface area contributed by atoms with Crippen LogP contribution in [0.2, 0.25) is 0 Å². The molecule has 0 unspecified atom stereocenters. The smallest absolute Gasteiger partial charge is 0.266 e. The Hall–Kier alpha value is -3.17. The van der Waals surface area contributed by atoms with Gasteiger partial charge in [0.05, 0.1) is 17.8 Å². The van der Waals surface area contributed by atoms with E-state index in [1.165, 1.54) is 23.9 Å². The van der Waals surface area contributed by atoms with Crippen LogP contribution < -0.4 is 10.9 Å². The van der Waals surface area contributed by atoms with Gasteiger partial charge in [-0.25, -0.2) is 20.4 Å². The molecule has 4 heterocycles. The van der Waals surface area contributed by atoms with E-state index >= 15 is 0 Å². The molecule has 0 spiro atoms. The van der Waals surface area contributed by atoms with E-state index in [9.17, 15) is 4.79 Å². The topological polar surface area (TPSA) is 108 Å². The number of carbonyl (C=O) groups is 1. The molecule has 9 heteroatoms. The third-order valence-electron chi connectivity index (χ3n) is 3.53. The number of aromatic nitrogens is 5. The number of aromatic amines is 1. The number of amides is 1. The summed E-state index contributed by atoms with van der Waals surface area (Å²) < 4.78 is 0. The monoisotopic (exact) mass is 351 g/mol. The maximum atomic E-state index is 11.9. The predicted octanol–water partition coefficient (Wildman–Crippen LogP) is 1.91. The molecule has 4 aromatic heterocycles. The Bertz CT molecular complexity index is 1010. The van der Waals surface area contributed by atoms with Crippen molar-refractivity contribution in [2.75, 3.05) is 0 Å². The molecule has 0 aliphatic carbocycles. The highest BCUT2D eigenvalue weighted by molar-refractivity contribution is 7.13. The molecule has 0 saturated heterocycles. The van der Waals surface area contributed by atoms with Gasteiger partial charge in [-0.05, 0) is 12.1 Å². The number of nitrogens with one attached hydrogen (secondary N) is 3. The highest BCUT2D eigenvalue weighted by Gasteiger charge is 2.11. The van der Waals surface area contributed by atoms with Gasteiger partial charge in [0.25, 0.3) is 5.91 Å². The number of hydrogen-bond donors (Lipinski definition) is 3. The van der Waals surface area contributed by atoms with E-state index in [1.807, 2.05) is 11.6 Å². The summed E-state index contributed by atoms with van der Waals surface area (Å²) in [5, 5.41) is 3.75. The first kappa shape index (κ1) is 15.4. The van der Waals surface area contributed by atoms with Crippen LogP contribution in [0.1, 0.15) is 16.1 Å². The van der Waals surface area contributed by atoms with Gasteiger partial charge in [0.2, 0.25) is 0 Å². The van der Waals surface area contributed by atoms with Gasteiger partial charge in [0.15, 0.2) is 0 Å². The third-order valence-corrected chi connectivity index (χ3v) is 4.46. The number of H-pyrrole nitrogens is 1. The first-order chi connectivity index (χ1) is 12.3. The Balaban J connectivity index is 1.41. The number of fused-ring (bicyclic) bond motifs is 1. The summed E-state index contributed by atoms with van der Waals surface area (Å²) in [5.41, 5.74) is 8.58. The van der Waals surface area contributed by atoms with Crippen molar-refractivity contribution in [3.8, 4) is 10.6 Å². The fourth-order valence-electron chi connectivity index (χ4n) is 2.33. The third kappa shape index (κ3) is 3.23. The van der Waals surface area contributed by atoms with Gasteiger partial charge in [0, 0.05) is 41.1 Å². The number of carbonyl (C=O) groups excluding carboxylic acids is 1. The second-order valence-corrected chi connectivity index (χ2v) is 6.04. The predicted molar refractivity (Wildman–Crippen MR) is 93.5 cm³/mol. The molecule has 0 aliphatic heterocycles. The maximum Gasteiger partial charge on any atom is 0.266 e. The zero-order valence-corrected chi connectivity index (χ0v) is 13.7. The Kier molecular flexibility index (Phi) is 4.15. The van der Waals surface area contributed by atoms with Gasteiger partial charge in [0.1, 0.15) is 17.0 Å². The minimum absolute atomic E-state index is 0.239. The maximum absolute atomic E-state index is 11.9. The molecular formula is C16H13N7OS. The zero-order chi connectivity index (χ0) is 17.1. The van der Waals surface area contributed by atoms with Crippen LogP contribution in [0.15, 0.2) is 48.6 Å². The van der Waals surface area contributed by atoms with Crippen LogP contribution in [0.4, 0.5) is 0 Å². The van der Waals surface area contributed by atoms with Crippen LogP contribution in [0, 0.1) is 0 Å². The van der Waals surface area contributed by atoms with Gasteiger partial charge in [-0.15, -0.1) is 11.3 Å². The number of hydrazine groups is 1. The van der Waals surface area contributed by atoms with Crippen molar-refractivity contribution in [3.63, 3.8) is 0 Å². The van der Waals surface area contributed by atoms with Gasteiger partial charge < -0.3 is 4.98 Å². The standard InChI is InChI=1S/C16H13N7OS/c24-15(10-2-1-3-17-4-10)23-21-5-11-8-25-16(22-11)13-7-19-14-12(13)6-18-9-20-14/h1-4,6-9,21H,5H2,(H,23,24)(H,18,19,20). The highest BCUT2D eigenvalue weighted by Crippen LogP contribution is 2.29. The van der Waals surface area contributed by atoms with E-state index in [-0.39, 0.29) is 5.91 Å². The van der Waals surface area contributed by atoms with E-state index in [1.54, 1.807) is 24.5 Å². The van der Waals surface area contributed by atoms with E-state index in [0.717, 1.165) is 27.3 Å². The van der Waals surface area contributed by atoms with Crippen molar-refractivity contribution in [1.29, 1.82) is 0 Å². The fraction of sp³-hybridized carbons (Fsp3) is 0.0625. The Labute approximate surface area is 146 Å². The van der Waals surface area contributed by atoms with Crippen LogP contribution in [0.25, 0.3) is 21.6 Å². The number of pyridine rings is 1. The molecule has 1 amide bonds. The molecular weight excluding hydrogens is 338 g/mol. The normalized spacial score (nSPS) is 10.9. The Morgan fingerprint density at radius 2 is 2.24 bits per heavy atom. The second kappa shape index (κ2) is 6.75. The lowest BCUT2D eigenvalue weighted by Gasteiger charge is -2.05. The van der Waals surface area contributed by atoms with Gasteiger partial charge >= 0.3 is 0 Å². The van der Waals surface area contributed by atoms with Crippen LogP contribution in [-0.2, 0) is 6.54 Å². The van der Waals surface area contributed by atoms with Crippen LogP contribution in [-0.4, -0.2) is 30.8 Å². The van der Waals surface area contributed by atoms with E-state index in [4.69, 9.17) is 0 Å². The van der Waals surface area contributed by atoms with Crippen molar-refractivity contribution in [3.05, 3.63) is 59.9 Å². The van der Waals surface area contributed by atoms with E-state index in [0.29, 0.717) is 12.1 Å². The van der Waals surface area contributed by atoms with Gasteiger partial charge in [-0.1, -0.05) is 0 Å². The molecule has 4 rings (SSSR count). The molecule has 124 valence electrons. The van der Waals surface area contributed by atoms with Crippen LogP contribution >= 0.6 is 11.3 Å². The Morgan fingerprint density at radius 3 is 3.12 bits per heavy atom. The lowest BCUT2D eigenvalue weighted by molar-refractivity contribution is 0.0931. The summed E-state index contributed by atoms with van der Waals surface area (Å²) in [6.45, 7) is 0.418. The molecule has 0 atom stereocenters. The van der Waals surface area contributed by atoms with Crippen LogP contribution in [0.5, 0.6) is 0 Å². The summed E-state index contributed by atoms with van der Waals surface area (Å²) in [5.74, 6) is -0.239. The molecule has 0 aromatic carbocycles. The molecule has 0 fully saturated rings. The van der Waals surface area contributed by atoms with Gasteiger partial charge in [-0.3, -0.25) is 15.2 Å². The van der Waals surface area contributed by atoms with Crippen LogP contribution in [0.3, 0.4) is 0 Å². The first-order valence-electron chi connectivity index (χ1n) is 7.46. The number of hydrogen-bond acceptors (Lipinski definition) is 7. The van der Waals surface area contributed by atoms with Crippen molar-refractivity contribution < 1.29 is 4.79 Å². The summed E-state index contributed by atoms with van der Waals surface area (Å²) >= 11 is 1.53. The largest absolute Gasteiger partial charge is 0.345 e. The number of rotatable bonds is 5. The molecule has 3 N–H and O–H groups in total. The molecule has 0 aliphatic rings. The summed E-state index contributed by atoms with van der Waals surface area (Å²) in [7, 11) is 0. The van der Waals surface area contributed by atoms with Crippen molar-refractivity contribution >= 4 is 28.3 Å². The summed E-state index contributed by atoms with van der Waals surface area (Å²) in [4.78, 5) is 31.8. The zero-order valence-electron chi connectivity index (χ0n) is 12.9. The number of thiazole rings is 1. The van der Waals surface area contributed by atoms with E-state index < -0.39 is 0 Å². The summed E-state index contributed by atoms with van der Waals surface area (Å²) in [6, 6.07) is 3.41. The summed E-state index contributed by atoms with van der Waals surface area (Å²) in [6.07, 6.45) is 8.28. The Morgan fingerprint density at radius 1 is 1.28 bits per heavy atom. The molecule has 0 saturated carbocycles. The lowest BCUT2D eigenvalue weighted by atomic mass is 10.2. The molecule has 0 bridgehead atoms. The molecule has 0 radical (unpaired) electrons. The average Bonchev–Trinajstić information content (AvgIpc) is 3.29. The SMILES string of the molecule is O=C(NNCc1csc(-c2c[nH]c3ncncc23)n1)c1cccnc1. The fourth-order valence-corrected chi connectivity index (χ4v) is 3.18. The van der Waals surface area contributed by atoms with Crippen molar-refractivity contribution in [2.24, 2.45) is 0 Å². The second-order valence-electron chi connectivity index (χ2n) is 5.18. The average molecular weight is 351 g/mol. The van der Waals surface area contributed by atoms with Crippen molar-refractivity contribution in [2.45, 2.75) is 6.54 Å². The lowest BCUT2D eigenvalue weighted by Crippen LogP contribution is -2.36. The molecule has 25 heavy (non-hydrogen) atoms. The van der Waals surface area contributed by atoms with Gasteiger partial charge in [-0.2, -0.15) is 0 Å². The minimum atomic E-state index is -0.239. The number of nitrogens with zero attached hydrogens (tertiary/aromatic N) is 4. The van der Waals surface area contributed by atoms with E-state index in [2.05, 4.69) is 35.8 Å². The molecule has 4 aromatic rings. The highest BCUT2D eigenvalue weighted by atomic mass is 32.1. The first-order valence-corrected chi connectivity index (χ1v) is 8.34. The quantitative estimate of drug-likeness (QED) is 0.474.